The highest BCUT2D eigenvalue weighted by Crippen LogP contribution is 2.20. The van der Waals surface area contributed by atoms with Gasteiger partial charge in [0.2, 0.25) is 5.91 Å². The second kappa shape index (κ2) is 10.1. The van der Waals surface area contributed by atoms with Crippen molar-refractivity contribution in [3.63, 3.8) is 0 Å². The van der Waals surface area contributed by atoms with Gasteiger partial charge >= 0.3 is 0 Å². The van der Waals surface area contributed by atoms with Gasteiger partial charge in [0.15, 0.2) is 0 Å². The molecular weight excluding hydrogens is 446 g/mol. The van der Waals surface area contributed by atoms with E-state index in [0.717, 1.165) is 34.9 Å². The van der Waals surface area contributed by atoms with Gasteiger partial charge in [-0.2, -0.15) is 0 Å². The number of amides is 2. The Labute approximate surface area is 196 Å². The largest absolute Gasteiger partial charge is 0.486 e. The minimum Gasteiger partial charge on any atom is -0.486 e. The summed E-state index contributed by atoms with van der Waals surface area (Å²) in [4.78, 5) is 30.9. The third kappa shape index (κ3) is 6.31. The molecule has 32 heavy (non-hydrogen) atoms. The summed E-state index contributed by atoms with van der Waals surface area (Å²) in [5.41, 5.74) is 2.35. The average Bonchev–Trinajstić information content (AvgIpc) is 3.49. The smallest absolute Gasteiger partial charge is 0.251 e. The van der Waals surface area contributed by atoms with E-state index in [1.54, 1.807) is 48.3 Å². The van der Waals surface area contributed by atoms with Gasteiger partial charge in [-0.3, -0.25) is 9.59 Å². The van der Waals surface area contributed by atoms with Gasteiger partial charge in [0.05, 0.1) is 12.1 Å². The van der Waals surface area contributed by atoms with Gasteiger partial charge in [-0.05, 0) is 54.8 Å². The minimum atomic E-state index is -0.0390. The second-order valence-corrected chi connectivity index (χ2v) is 9.23. The minimum absolute atomic E-state index is 0.0176. The fourth-order valence-electron chi connectivity index (χ4n) is 3.08. The number of hydrogen-bond donors (Lipinski definition) is 1. The lowest BCUT2D eigenvalue weighted by Gasteiger charge is -2.17. The summed E-state index contributed by atoms with van der Waals surface area (Å²) in [6.07, 6.45) is 2.36. The highest BCUT2D eigenvalue weighted by molar-refractivity contribution is 7.09. The molecule has 0 unspecified atom stereocenters. The third-order valence-electron chi connectivity index (χ3n) is 5.08. The SMILES string of the molecule is CN(Cc1ccc(C(=O)NC2CC2)cc1)C(=O)Cc1csc(COc2ccc(Cl)cc2)n1. The third-order valence-corrected chi connectivity index (χ3v) is 6.20. The lowest BCUT2D eigenvalue weighted by Crippen LogP contribution is -2.28. The topological polar surface area (TPSA) is 71.5 Å². The standard InChI is InChI=1S/C24H24ClN3O3S/c1-28(13-16-2-4-17(5-3-16)24(30)27-19-8-9-19)23(29)12-20-15-32-22(26-20)14-31-21-10-6-18(25)7-11-21/h2-7,10-11,15,19H,8-9,12-14H2,1H3,(H,27,30). The van der Waals surface area contributed by atoms with E-state index in [2.05, 4.69) is 10.3 Å². The van der Waals surface area contributed by atoms with Crippen molar-refractivity contribution in [3.8, 4) is 5.75 Å². The number of aromatic nitrogens is 1. The molecule has 0 bridgehead atoms. The Balaban J connectivity index is 1.25. The van der Waals surface area contributed by atoms with Gasteiger partial charge in [-0.15, -0.1) is 11.3 Å². The van der Waals surface area contributed by atoms with E-state index >= 15 is 0 Å². The Kier molecular flexibility index (Phi) is 7.07. The molecule has 1 fully saturated rings. The average molecular weight is 470 g/mol. The maximum atomic E-state index is 12.6. The van der Waals surface area contributed by atoms with Crippen LogP contribution in [-0.4, -0.2) is 34.8 Å². The summed E-state index contributed by atoms with van der Waals surface area (Å²) in [7, 11) is 1.77. The number of hydrogen-bond acceptors (Lipinski definition) is 5. The van der Waals surface area contributed by atoms with Gasteiger partial charge in [0.1, 0.15) is 17.4 Å². The van der Waals surface area contributed by atoms with Crippen molar-refractivity contribution in [2.45, 2.75) is 38.5 Å². The Hall–Kier alpha value is -2.90. The van der Waals surface area contributed by atoms with Gasteiger partial charge in [0.25, 0.3) is 5.91 Å². The van der Waals surface area contributed by atoms with E-state index in [4.69, 9.17) is 16.3 Å². The van der Waals surface area contributed by atoms with Crippen molar-refractivity contribution < 1.29 is 14.3 Å². The summed E-state index contributed by atoms with van der Waals surface area (Å²) in [5.74, 6) is 0.664. The summed E-state index contributed by atoms with van der Waals surface area (Å²) in [6, 6.07) is 14.9. The van der Waals surface area contributed by atoms with Crippen LogP contribution in [0.15, 0.2) is 53.9 Å². The Bertz CT molecular complexity index is 1080. The van der Waals surface area contributed by atoms with Crippen molar-refractivity contribution in [2.75, 3.05) is 7.05 Å². The van der Waals surface area contributed by atoms with Gasteiger partial charge in [0, 0.05) is 35.6 Å². The first-order valence-corrected chi connectivity index (χ1v) is 11.7. The summed E-state index contributed by atoms with van der Waals surface area (Å²) >= 11 is 7.35. The predicted molar refractivity (Wildman–Crippen MR) is 125 cm³/mol. The molecule has 6 nitrogen and oxygen atoms in total. The van der Waals surface area contributed by atoms with E-state index in [9.17, 15) is 9.59 Å². The molecule has 2 amide bonds. The van der Waals surface area contributed by atoms with Crippen molar-refractivity contribution in [1.29, 1.82) is 0 Å². The molecule has 4 rings (SSSR count). The van der Waals surface area contributed by atoms with Crippen LogP contribution in [-0.2, 0) is 24.4 Å². The Morgan fingerprint density at radius 1 is 1.16 bits per heavy atom. The molecule has 166 valence electrons. The molecule has 1 aliphatic rings. The van der Waals surface area contributed by atoms with Crippen LogP contribution < -0.4 is 10.1 Å². The van der Waals surface area contributed by atoms with Crippen LogP contribution in [0.3, 0.4) is 0 Å². The molecule has 1 aliphatic carbocycles. The normalized spacial score (nSPS) is 12.9. The van der Waals surface area contributed by atoms with Gasteiger partial charge < -0.3 is 15.0 Å². The van der Waals surface area contributed by atoms with E-state index in [0.29, 0.717) is 29.8 Å². The molecule has 0 aliphatic heterocycles. The zero-order chi connectivity index (χ0) is 22.5. The lowest BCUT2D eigenvalue weighted by molar-refractivity contribution is -0.129. The number of carbonyl (C=O) groups is 2. The van der Waals surface area contributed by atoms with Crippen LogP contribution in [0, 0.1) is 0 Å². The quantitative estimate of drug-likeness (QED) is 0.502. The lowest BCUT2D eigenvalue weighted by atomic mass is 10.1. The summed E-state index contributed by atoms with van der Waals surface area (Å²) < 4.78 is 5.71. The number of likely N-dealkylation sites (N-methyl/N-ethyl adjacent to an activating group) is 1. The monoisotopic (exact) mass is 469 g/mol. The summed E-state index contributed by atoms with van der Waals surface area (Å²) in [6.45, 7) is 0.816. The molecular formula is C24H24ClN3O3S. The van der Waals surface area contributed by atoms with Crippen molar-refractivity contribution >= 4 is 34.8 Å². The molecule has 8 heteroatoms. The number of benzene rings is 2. The first kappa shape index (κ1) is 22.3. The fourth-order valence-corrected chi connectivity index (χ4v) is 3.91. The van der Waals surface area contributed by atoms with Gasteiger partial charge in [-0.1, -0.05) is 23.7 Å². The van der Waals surface area contributed by atoms with E-state index in [-0.39, 0.29) is 18.2 Å². The zero-order valence-corrected chi connectivity index (χ0v) is 19.3. The van der Waals surface area contributed by atoms with E-state index in [1.165, 1.54) is 11.3 Å². The number of carbonyl (C=O) groups excluding carboxylic acids is 2. The first-order chi connectivity index (χ1) is 15.5. The van der Waals surface area contributed by atoms with Crippen LogP contribution in [0.4, 0.5) is 0 Å². The molecule has 1 heterocycles. The molecule has 1 saturated carbocycles. The molecule has 1 aromatic heterocycles. The Morgan fingerprint density at radius 2 is 1.88 bits per heavy atom. The molecule has 1 N–H and O–H groups in total. The molecule has 3 aromatic rings. The Morgan fingerprint density at radius 3 is 2.56 bits per heavy atom. The molecule has 2 aromatic carbocycles. The molecule has 0 spiro atoms. The van der Waals surface area contributed by atoms with Crippen LogP contribution >= 0.6 is 22.9 Å². The number of thiazole rings is 1. The maximum Gasteiger partial charge on any atom is 0.251 e. The van der Waals surface area contributed by atoms with Crippen LogP contribution in [0.1, 0.15) is 39.5 Å². The number of nitrogens with one attached hydrogen (secondary N) is 1. The second-order valence-electron chi connectivity index (χ2n) is 7.85. The van der Waals surface area contributed by atoms with Crippen LogP contribution in [0.2, 0.25) is 5.02 Å². The fraction of sp³-hybridized carbons (Fsp3) is 0.292. The number of ether oxygens (including phenoxy) is 1. The van der Waals surface area contributed by atoms with Crippen molar-refractivity contribution in [3.05, 3.63) is 80.8 Å². The molecule has 0 atom stereocenters. The van der Waals surface area contributed by atoms with Gasteiger partial charge in [-0.25, -0.2) is 4.98 Å². The van der Waals surface area contributed by atoms with Crippen LogP contribution in [0.5, 0.6) is 5.75 Å². The number of halogens is 1. The highest BCUT2D eigenvalue weighted by Gasteiger charge is 2.23. The van der Waals surface area contributed by atoms with Crippen molar-refractivity contribution in [1.82, 2.24) is 15.2 Å². The highest BCUT2D eigenvalue weighted by atomic mass is 35.5. The predicted octanol–water partition coefficient (Wildman–Crippen LogP) is 4.47. The van der Waals surface area contributed by atoms with Crippen LogP contribution in [0.25, 0.3) is 0 Å². The van der Waals surface area contributed by atoms with E-state index in [1.807, 2.05) is 17.5 Å². The first-order valence-electron chi connectivity index (χ1n) is 10.4. The molecule has 0 radical (unpaired) electrons. The van der Waals surface area contributed by atoms with E-state index < -0.39 is 0 Å². The van der Waals surface area contributed by atoms with Crippen molar-refractivity contribution in [2.24, 2.45) is 0 Å². The molecule has 0 saturated heterocycles. The number of rotatable bonds is 9. The maximum absolute atomic E-state index is 12.6. The zero-order valence-electron chi connectivity index (χ0n) is 17.7. The summed E-state index contributed by atoms with van der Waals surface area (Å²) in [5, 5.41) is 6.33. The number of nitrogens with zero attached hydrogens (tertiary/aromatic N) is 2.